The Morgan fingerprint density at radius 2 is 1.06 bits per heavy atom. The molecule has 1 aliphatic rings. The highest BCUT2D eigenvalue weighted by Gasteiger charge is 2.29. The lowest BCUT2D eigenvalue weighted by Crippen LogP contribution is -2.04. The van der Waals surface area contributed by atoms with E-state index in [0.29, 0.717) is 17.5 Å². The fraction of sp³-hybridized carbons (Fsp3) is 0.0625. The lowest BCUT2D eigenvalue weighted by molar-refractivity contribution is 0.588. The van der Waals surface area contributed by atoms with E-state index in [4.69, 9.17) is 23.8 Å². The third kappa shape index (κ3) is 4.81. The number of furan rings is 2. The van der Waals surface area contributed by atoms with Gasteiger partial charge in [0.05, 0.1) is 0 Å². The number of para-hydroxylation sites is 1. The van der Waals surface area contributed by atoms with E-state index in [1.807, 2.05) is 18.2 Å². The van der Waals surface area contributed by atoms with E-state index in [1.54, 1.807) is 0 Å². The van der Waals surface area contributed by atoms with Crippen molar-refractivity contribution >= 4 is 66.1 Å². The molecule has 0 amide bonds. The lowest BCUT2D eigenvalue weighted by Gasteiger charge is -2.21. The summed E-state index contributed by atoms with van der Waals surface area (Å²) >= 11 is 0. The van der Waals surface area contributed by atoms with Gasteiger partial charge in [0.15, 0.2) is 17.5 Å². The minimum Gasteiger partial charge on any atom is -0.456 e. The molecule has 0 radical (unpaired) electrons. The van der Waals surface area contributed by atoms with Gasteiger partial charge in [0.1, 0.15) is 22.5 Å². The van der Waals surface area contributed by atoms with Crippen molar-refractivity contribution in [1.82, 2.24) is 15.0 Å². The van der Waals surface area contributed by atoms with Crippen LogP contribution >= 0.6 is 0 Å². The Kier molecular flexibility index (Phi) is 6.52. The first-order valence-electron chi connectivity index (χ1n) is 18.1. The maximum absolute atomic E-state index is 6.71. The fourth-order valence-corrected chi connectivity index (χ4v) is 8.26. The van der Waals surface area contributed by atoms with Crippen LogP contribution in [0.1, 0.15) is 36.1 Å². The number of aromatic nitrogens is 3. The number of hydrogen-bond acceptors (Lipinski definition) is 5. The summed E-state index contributed by atoms with van der Waals surface area (Å²) in [6.07, 6.45) is 3.08. The van der Waals surface area contributed by atoms with Crippen molar-refractivity contribution in [2.24, 2.45) is 0 Å². The Hall–Kier alpha value is -6.85. The summed E-state index contributed by atoms with van der Waals surface area (Å²) in [6, 6.07) is 50.4. The van der Waals surface area contributed by atoms with Gasteiger partial charge in [0.25, 0.3) is 0 Å². The van der Waals surface area contributed by atoms with Gasteiger partial charge in [0, 0.05) is 38.4 Å². The maximum atomic E-state index is 6.71. The molecule has 1 unspecified atom stereocenters. The number of benzene rings is 7. The number of hydrogen-bond donors (Lipinski definition) is 0. The highest BCUT2D eigenvalue weighted by Crippen LogP contribution is 2.47. The largest absolute Gasteiger partial charge is 0.456 e. The zero-order valence-corrected chi connectivity index (χ0v) is 28.9. The number of allylic oxidation sites excluding steroid dienone is 1. The van der Waals surface area contributed by atoms with Crippen molar-refractivity contribution in [1.29, 1.82) is 0 Å². The minimum atomic E-state index is 0.183. The van der Waals surface area contributed by atoms with Gasteiger partial charge >= 0.3 is 0 Å². The summed E-state index contributed by atoms with van der Waals surface area (Å²) in [7, 11) is 0. The Balaban J connectivity index is 1.11. The van der Waals surface area contributed by atoms with Crippen molar-refractivity contribution in [3.05, 3.63) is 162 Å². The first-order chi connectivity index (χ1) is 26.1. The maximum Gasteiger partial charge on any atom is 0.164 e. The standard InChI is InChI=1S/C48H31N3O2/c1-28-24-35(36-15-8-18-40-44(36)37-14-6-7-17-39(37)52-40)27-42-43(28)45-38(16-9-19-41(45)53-42)48-50-46(33-22-20-29-10-2-4-12-31(29)25-33)49-47(51-48)34-23-21-30-11-3-5-13-32(30)26-34/h2-23,25-28H,24H2,1H3. The van der Waals surface area contributed by atoms with Gasteiger partial charge in [-0.05, 0) is 81.4 Å². The molecule has 250 valence electrons. The van der Waals surface area contributed by atoms with Crippen LogP contribution in [0.25, 0.3) is 100 Å². The molecule has 3 aromatic heterocycles. The fourth-order valence-electron chi connectivity index (χ4n) is 8.26. The zero-order valence-electron chi connectivity index (χ0n) is 28.9. The molecule has 0 fully saturated rings. The zero-order chi connectivity index (χ0) is 35.0. The monoisotopic (exact) mass is 681 g/mol. The van der Waals surface area contributed by atoms with E-state index in [9.17, 15) is 0 Å². The molecule has 7 aromatic carbocycles. The molecular weight excluding hydrogens is 651 g/mol. The molecule has 10 aromatic rings. The molecule has 0 bridgehead atoms. The van der Waals surface area contributed by atoms with Gasteiger partial charge < -0.3 is 8.83 Å². The van der Waals surface area contributed by atoms with Crippen molar-refractivity contribution in [2.45, 2.75) is 19.3 Å². The van der Waals surface area contributed by atoms with E-state index < -0.39 is 0 Å². The molecule has 5 nitrogen and oxygen atoms in total. The summed E-state index contributed by atoms with van der Waals surface area (Å²) < 4.78 is 13.0. The molecule has 1 atom stereocenters. The van der Waals surface area contributed by atoms with Gasteiger partial charge in [-0.1, -0.05) is 122 Å². The van der Waals surface area contributed by atoms with Gasteiger partial charge in [-0.25, -0.2) is 15.0 Å². The van der Waals surface area contributed by atoms with Crippen LogP contribution in [0.5, 0.6) is 0 Å². The first-order valence-corrected chi connectivity index (χ1v) is 18.1. The van der Waals surface area contributed by atoms with Gasteiger partial charge in [-0.15, -0.1) is 0 Å². The Morgan fingerprint density at radius 1 is 0.491 bits per heavy atom. The highest BCUT2D eigenvalue weighted by molar-refractivity contribution is 6.12. The molecular formula is C48H31N3O2. The quantitative estimate of drug-likeness (QED) is 0.185. The van der Waals surface area contributed by atoms with Gasteiger partial charge in [-0.2, -0.15) is 0 Å². The van der Waals surface area contributed by atoms with Crippen LogP contribution < -0.4 is 0 Å². The molecule has 53 heavy (non-hydrogen) atoms. The molecule has 0 saturated heterocycles. The van der Waals surface area contributed by atoms with E-state index >= 15 is 0 Å². The van der Waals surface area contributed by atoms with Crippen LogP contribution in [-0.2, 0) is 0 Å². The molecule has 0 N–H and O–H groups in total. The minimum absolute atomic E-state index is 0.183. The molecule has 5 heteroatoms. The van der Waals surface area contributed by atoms with E-state index in [2.05, 4.69) is 140 Å². The average molecular weight is 682 g/mol. The summed E-state index contributed by atoms with van der Waals surface area (Å²) in [5, 5.41) is 7.96. The van der Waals surface area contributed by atoms with E-state index in [-0.39, 0.29) is 5.92 Å². The number of nitrogens with zero attached hydrogens (tertiary/aromatic N) is 3. The van der Waals surface area contributed by atoms with Crippen LogP contribution in [0.2, 0.25) is 0 Å². The number of fused-ring (bicyclic) bond motifs is 8. The number of rotatable bonds is 4. The molecule has 0 saturated carbocycles. The topological polar surface area (TPSA) is 65.0 Å². The molecule has 3 heterocycles. The lowest BCUT2D eigenvalue weighted by atomic mass is 9.82. The normalized spacial score (nSPS) is 14.4. The average Bonchev–Trinajstić information content (AvgIpc) is 3.79. The Bertz CT molecular complexity index is 3030. The second-order valence-corrected chi connectivity index (χ2v) is 14.0. The molecule has 0 aliphatic heterocycles. The summed E-state index contributed by atoms with van der Waals surface area (Å²) in [6.45, 7) is 2.29. The predicted octanol–water partition coefficient (Wildman–Crippen LogP) is 12.9. The Morgan fingerprint density at radius 3 is 1.75 bits per heavy atom. The summed E-state index contributed by atoms with van der Waals surface area (Å²) in [4.78, 5) is 15.5. The summed E-state index contributed by atoms with van der Waals surface area (Å²) in [5.41, 5.74) is 9.04. The predicted molar refractivity (Wildman–Crippen MR) is 216 cm³/mol. The summed E-state index contributed by atoms with van der Waals surface area (Å²) in [5.74, 6) is 2.95. The third-order valence-corrected chi connectivity index (χ3v) is 10.7. The van der Waals surface area contributed by atoms with Crippen LogP contribution in [0, 0.1) is 0 Å². The second-order valence-electron chi connectivity index (χ2n) is 14.0. The second kappa shape index (κ2) is 11.6. The first kappa shape index (κ1) is 29.8. The van der Waals surface area contributed by atoms with E-state index in [0.717, 1.165) is 72.6 Å². The van der Waals surface area contributed by atoms with Crippen LogP contribution in [0.3, 0.4) is 0 Å². The van der Waals surface area contributed by atoms with Crippen LogP contribution in [0.4, 0.5) is 0 Å². The van der Waals surface area contributed by atoms with E-state index in [1.165, 1.54) is 27.5 Å². The molecule has 1 aliphatic carbocycles. The van der Waals surface area contributed by atoms with Crippen molar-refractivity contribution < 1.29 is 8.83 Å². The van der Waals surface area contributed by atoms with Gasteiger partial charge in [0.2, 0.25) is 0 Å². The van der Waals surface area contributed by atoms with Crippen molar-refractivity contribution in [3.63, 3.8) is 0 Å². The van der Waals surface area contributed by atoms with Crippen LogP contribution in [0.15, 0.2) is 154 Å². The highest BCUT2D eigenvalue weighted by atomic mass is 16.3. The SMILES string of the molecule is CC1CC(c2cccc3oc4ccccc4c23)=Cc2oc3cccc(-c4nc(-c5ccc6ccccc6c5)nc(-c5ccc6ccccc6c5)n4)c3c21. The van der Waals surface area contributed by atoms with Crippen LogP contribution in [-0.4, -0.2) is 15.0 Å². The smallest absolute Gasteiger partial charge is 0.164 e. The third-order valence-electron chi connectivity index (χ3n) is 10.7. The molecule has 0 spiro atoms. The van der Waals surface area contributed by atoms with Crippen molar-refractivity contribution in [2.75, 3.05) is 0 Å². The molecule has 11 rings (SSSR count). The Labute approximate surface area is 304 Å². The van der Waals surface area contributed by atoms with Gasteiger partial charge in [-0.3, -0.25) is 0 Å². The van der Waals surface area contributed by atoms with Crippen molar-refractivity contribution in [3.8, 4) is 34.2 Å².